The quantitative estimate of drug-likeness (QED) is 0.794. The lowest BCUT2D eigenvalue weighted by Crippen LogP contribution is -2.46. The molecule has 21 heavy (non-hydrogen) atoms. The van der Waals surface area contributed by atoms with Crippen LogP contribution in [-0.4, -0.2) is 10.7 Å². The number of hydrogen-bond donors (Lipinski definition) is 1. The predicted octanol–water partition coefficient (Wildman–Crippen LogP) is 5.35. The third-order valence-corrected chi connectivity index (χ3v) is 7.06. The molecule has 1 N–H and O–H groups in total. The molecule has 0 radical (unpaired) electrons. The lowest BCUT2D eigenvalue weighted by Gasteiger charge is -2.45. The topological polar surface area (TPSA) is 20.2 Å². The normalized spacial score (nSPS) is 31.4. The largest absolute Gasteiger partial charge is 0.389 e. The van der Waals surface area contributed by atoms with E-state index in [0.29, 0.717) is 5.92 Å². The van der Waals surface area contributed by atoms with E-state index in [1.807, 2.05) is 11.3 Å². The van der Waals surface area contributed by atoms with Crippen molar-refractivity contribution in [1.82, 2.24) is 0 Å². The van der Waals surface area contributed by atoms with Gasteiger partial charge in [-0.3, -0.25) is 0 Å². The maximum atomic E-state index is 11.4. The standard InChI is InChI=1S/C19H30OS/c1-2-16-11-12-17(21-16)14-19(20)13-7-6-10-18(19)15-8-4-3-5-9-15/h11-12,15,18,20H,2-10,13-14H2,1H3. The Bertz CT molecular complexity index is 446. The second-order valence-corrected chi connectivity index (χ2v) is 8.51. The van der Waals surface area contributed by atoms with Crippen molar-refractivity contribution in [3.8, 4) is 0 Å². The molecule has 0 aromatic carbocycles. The minimum absolute atomic E-state index is 0.421. The van der Waals surface area contributed by atoms with E-state index in [0.717, 1.165) is 25.2 Å². The van der Waals surface area contributed by atoms with E-state index < -0.39 is 5.60 Å². The highest BCUT2D eigenvalue weighted by atomic mass is 32.1. The van der Waals surface area contributed by atoms with Crippen LogP contribution < -0.4 is 0 Å². The molecule has 0 aliphatic heterocycles. The maximum absolute atomic E-state index is 11.4. The monoisotopic (exact) mass is 306 g/mol. The number of aliphatic hydroxyl groups is 1. The van der Waals surface area contributed by atoms with E-state index >= 15 is 0 Å². The van der Waals surface area contributed by atoms with Crippen LogP contribution in [-0.2, 0) is 12.8 Å². The molecule has 2 heteroatoms. The Morgan fingerprint density at radius 2 is 1.76 bits per heavy atom. The van der Waals surface area contributed by atoms with Crippen molar-refractivity contribution in [1.29, 1.82) is 0 Å². The summed E-state index contributed by atoms with van der Waals surface area (Å²) < 4.78 is 0. The van der Waals surface area contributed by atoms with Crippen LogP contribution in [0.4, 0.5) is 0 Å². The zero-order valence-electron chi connectivity index (χ0n) is 13.4. The van der Waals surface area contributed by atoms with Crippen molar-refractivity contribution in [3.63, 3.8) is 0 Å². The van der Waals surface area contributed by atoms with Crippen molar-refractivity contribution in [3.05, 3.63) is 21.9 Å². The van der Waals surface area contributed by atoms with Gasteiger partial charge >= 0.3 is 0 Å². The Morgan fingerprint density at radius 1 is 1.05 bits per heavy atom. The third-order valence-electron chi connectivity index (χ3n) is 5.83. The van der Waals surface area contributed by atoms with Crippen LogP contribution in [0.15, 0.2) is 12.1 Å². The summed E-state index contributed by atoms with van der Waals surface area (Å²) in [7, 11) is 0. The molecule has 1 aromatic rings. The zero-order valence-corrected chi connectivity index (χ0v) is 14.3. The first-order valence-corrected chi connectivity index (χ1v) is 9.83. The molecule has 2 aliphatic rings. The highest BCUT2D eigenvalue weighted by Crippen LogP contribution is 2.45. The molecule has 2 atom stereocenters. The van der Waals surface area contributed by atoms with Gasteiger partial charge in [-0.05, 0) is 43.2 Å². The van der Waals surface area contributed by atoms with Gasteiger partial charge in [-0.2, -0.15) is 0 Å². The molecule has 1 heterocycles. The van der Waals surface area contributed by atoms with E-state index in [4.69, 9.17) is 0 Å². The highest BCUT2D eigenvalue weighted by molar-refractivity contribution is 7.12. The molecule has 2 unspecified atom stereocenters. The van der Waals surface area contributed by atoms with Gasteiger partial charge < -0.3 is 5.11 Å². The fourth-order valence-corrected chi connectivity index (χ4v) is 5.76. The molecule has 0 amide bonds. The van der Waals surface area contributed by atoms with Crippen LogP contribution in [0.25, 0.3) is 0 Å². The van der Waals surface area contributed by atoms with Gasteiger partial charge in [0.25, 0.3) is 0 Å². The lowest BCUT2D eigenvalue weighted by molar-refractivity contribution is -0.0761. The molecule has 2 aliphatic carbocycles. The van der Waals surface area contributed by atoms with Gasteiger partial charge in [0.05, 0.1) is 5.60 Å². The smallest absolute Gasteiger partial charge is 0.0726 e. The molecule has 0 saturated heterocycles. The number of rotatable bonds is 4. The maximum Gasteiger partial charge on any atom is 0.0726 e. The summed E-state index contributed by atoms with van der Waals surface area (Å²) in [6, 6.07) is 4.51. The van der Waals surface area contributed by atoms with Crippen molar-refractivity contribution in [2.24, 2.45) is 11.8 Å². The zero-order chi connectivity index (χ0) is 14.7. The molecule has 0 bridgehead atoms. The SMILES string of the molecule is CCc1ccc(CC2(O)CCCCC2C2CCCCC2)s1. The Hall–Kier alpha value is -0.340. The van der Waals surface area contributed by atoms with Gasteiger partial charge in [0, 0.05) is 16.2 Å². The average molecular weight is 307 g/mol. The summed E-state index contributed by atoms with van der Waals surface area (Å²) in [4.78, 5) is 2.86. The summed E-state index contributed by atoms with van der Waals surface area (Å²) in [6.45, 7) is 2.22. The van der Waals surface area contributed by atoms with Crippen LogP contribution >= 0.6 is 11.3 Å². The first-order valence-electron chi connectivity index (χ1n) is 9.01. The third kappa shape index (κ3) is 3.53. The number of hydrogen-bond acceptors (Lipinski definition) is 2. The molecule has 0 spiro atoms. The summed E-state index contributed by atoms with van der Waals surface area (Å²) in [5, 5.41) is 11.4. The molecule has 2 fully saturated rings. The fraction of sp³-hybridized carbons (Fsp3) is 0.789. The predicted molar refractivity (Wildman–Crippen MR) is 90.9 cm³/mol. The summed E-state index contributed by atoms with van der Waals surface area (Å²) in [6.07, 6.45) is 13.7. The summed E-state index contributed by atoms with van der Waals surface area (Å²) in [5.74, 6) is 1.34. The molecule has 118 valence electrons. The van der Waals surface area contributed by atoms with Crippen LogP contribution in [0.2, 0.25) is 0 Å². The van der Waals surface area contributed by atoms with E-state index in [-0.39, 0.29) is 0 Å². The first kappa shape index (κ1) is 15.6. The average Bonchev–Trinajstić information content (AvgIpc) is 2.95. The van der Waals surface area contributed by atoms with Crippen LogP contribution in [0.5, 0.6) is 0 Å². The summed E-state index contributed by atoms with van der Waals surface area (Å²) in [5.41, 5.74) is -0.421. The van der Waals surface area contributed by atoms with Crippen LogP contribution in [0.1, 0.15) is 74.5 Å². The molecular formula is C19H30OS. The molecule has 1 aromatic heterocycles. The van der Waals surface area contributed by atoms with Crippen molar-refractivity contribution >= 4 is 11.3 Å². The van der Waals surface area contributed by atoms with Gasteiger partial charge in [-0.1, -0.05) is 51.9 Å². The van der Waals surface area contributed by atoms with E-state index in [9.17, 15) is 5.11 Å². The second-order valence-electron chi connectivity index (χ2n) is 7.25. The van der Waals surface area contributed by atoms with Crippen LogP contribution in [0, 0.1) is 11.8 Å². The minimum atomic E-state index is -0.421. The van der Waals surface area contributed by atoms with E-state index in [1.165, 1.54) is 61.1 Å². The van der Waals surface area contributed by atoms with Crippen LogP contribution in [0.3, 0.4) is 0 Å². The molecule has 3 rings (SSSR count). The Kier molecular flexibility index (Phi) is 5.06. The van der Waals surface area contributed by atoms with E-state index in [1.54, 1.807) is 0 Å². The molecular weight excluding hydrogens is 276 g/mol. The molecule has 1 nitrogen and oxygen atoms in total. The Morgan fingerprint density at radius 3 is 2.48 bits per heavy atom. The second kappa shape index (κ2) is 6.83. The lowest BCUT2D eigenvalue weighted by atomic mass is 9.64. The Balaban J connectivity index is 1.74. The molecule has 2 saturated carbocycles. The fourth-order valence-electron chi connectivity index (χ4n) is 4.69. The number of aryl methyl sites for hydroxylation is 1. The van der Waals surface area contributed by atoms with Gasteiger partial charge in [0.2, 0.25) is 0 Å². The number of thiophene rings is 1. The minimum Gasteiger partial charge on any atom is -0.389 e. The van der Waals surface area contributed by atoms with Gasteiger partial charge in [-0.15, -0.1) is 11.3 Å². The Labute approximate surface area is 133 Å². The van der Waals surface area contributed by atoms with Crippen molar-refractivity contribution in [2.45, 2.75) is 83.2 Å². The van der Waals surface area contributed by atoms with Gasteiger partial charge in [0.15, 0.2) is 0 Å². The van der Waals surface area contributed by atoms with Crippen molar-refractivity contribution in [2.75, 3.05) is 0 Å². The van der Waals surface area contributed by atoms with Gasteiger partial charge in [0.1, 0.15) is 0 Å². The highest BCUT2D eigenvalue weighted by Gasteiger charge is 2.43. The summed E-state index contributed by atoms with van der Waals surface area (Å²) >= 11 is 1.91. The van der Waals surface area contributed by atoms with Crippen molar-refractivity contribution < 1.29 is 5.11 Å². The van der Waals surface area contributed by atoms with E-state index in [2.05, 4.69) is 19.1 Å². The first-order chi connectivity index (χ1) is 10.2. The van der Waals surface area contributed by atoms with Gasteiger partial charge in [-0.25, -0.2) is 0 Å².